The van der Waals surface area contributed by atoms with E-state index in [0.717, 1.165) is 48.8 Å². The second kappa shape index (κ2) is 6.11. The van der Waals surface area contributed by atoms with Gasteiger partial charge in [0.05, 0.1) is 18.7 Å². The summed E-state index contributed by atoms with van der Waals surface area (Å²) in [5.74, 6) is 0.777. The Morgan fingerprint density at radius 3 is 2.62 bits per heavy atom. The molecule has 0 spiro atoms. The standard InChI is InChI=1S/C21H20N4O/c1-15-5-7-16(8-6-15)19-17-14-22-21(24-10-12-26-13-11-24)23-20(17)25-9-3-2-4-18(19)25/h2-9,14H,10-13H2,1H3. The molecule has 0 unspecified atom stereocenters. The summed E-state index contributed by atoms with van der Waals surface area (Å²) in [6.07, 6.45) is 4.04. The van der Waals surface area contributed by atoms with Crippen LogP contribution in [0.25, 0.3) is 27.7 Å². The van der Waals surface area contributed by atoms with Gasteiger partial charge in [-0.25, -0.2) is 4.98 Å². The number of nitrogens with zero attached hydrogens (tertiary/aromatic N) is 4. The summed E-state index contributed by atoms with van der Waals surface area (Å²) < 4.78 is 7.61. The molecular formula is C21H20N4O. The fraction of sp³-hybridized carbons (Fsp3) is 0.238. The van der Waals surface area contributed by atoms with Crippen LogP contribution in [-0.2, 0) is 4.74 Å². The van der Waals surface area contributed by atoms with Crippen LogP contribution in [0, 0.1) is 6.92 Å². The van der Waals surface area contributed by atoms with Crippen molar-refractivity contribution in [1.29, 1.82) is 0 Å². The van der Waals surface area contributed by atoms with Gasteiger partial charge >= 0.3 is 0 Å². The number of fused-ring (bicyclic) bond motifs is 3. The molecule has 0 radical (unpaired) electrons. The number of morpholine rings is 1. The number of pyridine rings is 1. The first kappa shape index (κ1) is 15.3. The molecule has 1 aliphatic rings. The van der Waals surface area contributed by atoms with Crippen molar-refractivity contribution in [2.75, 3.05) is 31.2 Å². The van der Waals surface area contributed by atoms with Crippen LogP contribution in [0.2, 0.25) is 0 Å². The Morgan fingerprint density at radius 1 is 1.00 bits per heavy atom. The van der Waals surface area contributed by atoms with E-state index in [4.69, 9.17) is 9.72 Å². The van der Waals surface area contributed by atoms with Crippen molar-refractivity contribution >= 4 is 22.5 Å². The van der Waals surface area contributed by atoms with Crippen LogP contribution in [0.4, 0.5) is 5.95 Å². The Bertz CT molecular complexity index is 1080. The van der Waals surface area contributed by atoms with Crippen LogP contribution in [-0.4, -0.2) is 40.7 Å². The Balaban J connectivity index is 1.75. The first-order valence-corrected chi connectivity index (χ1v) is 8.97. The highest BCUT2D eigenvalue weighted by atomic mass is 16.5. The molecule has 1 fully saturated rings. The van der Waals surface area contributed by atoms with Crippen molar-refractivity contribution < 1.29 is 4.74 Å². The van der Waals surface area contributed by atoms with E-state index in [-0.39, 0.29) is 0 Å². The normalized spacial score (nSPS) is 15.0. The molecule has 0 saturated carbocycles. The van der Waals surface area contributed by atoms with E-state index < -0.39 is 0 Å². The highest BCUT2D eigenvalue weighted by Gasteiger charge is 2.19. The van der Waals surface area contributed by atoms with E-state index in [9.17, 15) is 0 Å². The van der Waals surface area contributed by atoms with Gasteiger partial charge in [-0.1, -0.05) is 35.9 Å². The van der Waals surface area contributed by atoms with E-state index in [2.05, 4.69) is 63.8 Å². The number of anilines is 1. The summed E-state index contributed by atoms with van der Waals surface area (Å²) in [7, 11) is 0. The SMILES string of the molecule is Cc1ccc(-c2c3cnc(N4CCOCC4)nc3n3ccccc23)cc1. The lowest BCUT2D eigenvalue weighted by atomic mass is 10.0. The largest absolute Gasteiger partial charge is 0.378 e. The third kappa shape index (κ3) is 2.44. The summed E-state index contributed by atoms with van der Waals surface area (Å²) in [6.45, 7) is 5.23. The van der Waals surface area contributed by atoms with E-state index in [1.807, 2.05) is 12.3 Å². The summed E-state index contributed by atoms with van der Waals surface area (Å²) in [6, 6.07) is 14.9. The molecule has 130 valence electrons. The average Bonchev–Trinajstić information content (AvgIpc) is 3.03. The lowest BCUT2D eigenvalue weighted by molar-refractivity contribution is 0.122. The number of rotatable bonds is 2. The van der Waals surface area contributed by atoms with Crippen LogP contribution < -0.4 is 4.90 Å². The summed E-state index contributed by atoms with van der Waals surface area (Å²) in [5, 5.41) is 1.08. The zero-order valence-electron chi connectivity index (χ0n) is 14.7. The highest BCUT2D eigenvalue weighted by Crippen LogP contribution is 2.35. The molecule has 4 heterocycles. The predicted octanol–water partition coefficient (Wildman–Crippen LogP) is 3.69. The smallest absolute Gasteiger partial charge is 0.227 e. The van der Waals surface area contributed by atoms with Crippen LogP contribution in [0.1, 0.15) is 5.56 Å². The Labute approximate surface area is 151 Å². The van der Waals surface area contributed by atoms with Gasteiger partial charge in [-0.05, 0) is 24.6 Å². The van der Waals surface area contributed by atoms with E-state index >= 15 is 0 Å². The van der Waals surface area contributed by atoms with Crippen LogP contribution in [0.5, 0.6) is 0 Å². The van der Waals surface area contributed by atoms with Crippen molar-refractivity contribution in [3.8, 4) is 11.1 Å². The molecule has 5 nitrogen and oxygen atoms in total. The topological polar surface area (TPSA) is 42.7 Å². The molecule has 4 aromatic rings. The molecule has 1 aliphatic heterocycles. The van der Waals surface area contributed by atoms with Gasteiger partial charge in [0.15, 0.2) is 5.65 Å². The molecular weight excluding hydrogens is 324 g/mol. The van der Waals surface area contributed by atoms with Crippen molar-refractivity contribution in [3.05, 3.63) is 60.4 Å². The quantitative estimate of drug-likeness (QED) is 0.556. The summed E-state index contributed by atoms with van der Waals surface area (Å²) in [4.78, 5) is 11.8. The summed E-state index contributed by atoms with van der Waals surface area (Å²) in [5.41, 5.74) is 5.74. The third-order valence-electron chi connectivity index (χ3n) is 5.00. The zero-order chi connectivity index (χ0) is 17.5. The second-order valence-corrected chi connectivity index (χ2v) is 6.70. The fourth-order valence-electron chi connectivity index (χ4n) is 3.63. The van der Waals surface area contributed by atoms with Gasteiger partial charge in [0.2, 0.25) is 5.95 Å². The zero-order valence-corrected chi connectivity index (χ0v) is 14.7. The molecule has 5 rings (SSSR count). The van der Waals surface area contributed by atoms with E-state index in [1.54, 1.807) is 0 Å². The maximum absolute atomic E-state index is 5.45. The second-order valence-electron chi connectivity index (χ2n) is 6.70. The molecule has 0 bridgehead atoms. The molecule has 3 aromatic heterocycles. The molecule has 5 heteroatoms. The Kier molecular flexibility index (Phi) is 3.60. The van der Waals surface area contributed by atoms with Gasteiger partial charge in [0.1, 0.15) is 0 Å². The van der Waals surface area contributed by atoms with Gasteiger partial charge in [-0.3, -0.25) is 0 Å². The number of ether oxygens (including phenoxy) is 1. The summed E-state index contributed by atoms with van der Waals surface area (Å²) >= 11 is 0. The molecule has 0 aliphatic carbocycles. The van der Waals surface area contributed by atoms with Crippen LogP contribution in [0.15, 0.2) is 54.9 Å². The highest BCUT2D eigenvalue weighted by molar-refractivity contribution is 6.04. The Morgan fingerprint density at radius 2 is 1.81 bits per heavy atom. The van der Waals surface area contributed by atoms with Gasteiger partial charge < -0.3 is 14.0 Å². The van der Waals surface area contributed by atoms with E-state index in [1.165, 1.54) is 16.7 Å². The van der Waals surface area contributed by atoms with Gasteiger partial charge in [-0.15, -0.1) is 0 Å². The molecule has 0 atom stereocenters. The number of aromatic nitrogens is 3. The van der Waals surface area contributed by atoms with Crippen LogP contribution in [0.3, 0.4) is 0 Å². The van der Waals surface area contributed by atoms with Crippen molar-refractivity contribution in [2.45, 2.75) is 6.92 Å². The number of hydrogen-bond donors (Lipinski definition) is 0. The number of benzene rings is 1. The van der Waals surface area contributed by atoms with Crippen molar-refractivity contribution in [2.24, 2.45) is 0 Å². The third-order valence-corrected chi connectivity index (χ3v) is 5.00. The predicted molar refractivity (Wildman–Crippen MR) is 104 cm³/mol. The molecule has 1 aromatic carbocycles. The fourth-order valence-corrected chi connectivity index (χ4v) is 3.63. The van der Waals surface area contributed by atoms with Crippen LogP contribution >= 0.6 is 0 Å². The van der Waals surface area contributed by atoms with Gasteiger partial charge in [0, 0.05) is 36.4 Å². The maximum Gasteiger partial charge on any atom is 0.227 e. The minimum Gasteiger partial charge on any atom is -0.378 e. The first-order chi connectivity index (χ1) is 12.8. The molecule has 1 saturated heterocycles. The van der Waals surface area contributed by atoms with Crippen molar-refractivity contribution in [3.63, 3.8) is 0 Å². The average molecular weight is 344 g/mol. The van der Waals surface area contributed by atoms with E-state index in [0.29, 0.717) is 0 Å². The molecule has 0 N–H and O–H groups in total. The first-order valence-electron chi connectivity index (χ1n) is 8.97. The maximum atomic E-state index is 5.45. The minimum absolute atomic E-state index is 0.727. The molecule has 26 heavy (non-hydrogen) atoms. The van der Waals surface area contributed by atoms with Gasteiger partial charge in [0.25, 0.3) is 0 Å². The van der Waals surface area contributed by atoms with Crippen molar-refractivity contribution in [1.82, 2.24) is 14.4 Å². The van der Waals surface area contributed by atoms with Gasteiger partial charge in [-0.2, -0.15) is 4.98 Å². The monoisotopic (exact) mass is 344 g/mol. The lowest BCUT2D eigenvalue weighted by Gasteiger charge is -2.26. The number of aryl methyl sites for hydroxylation is 1. The Hall–Kier alpha value is -2.92. The number of hydrogen-bond acceptors (Lipinski definition) is 4. The molecule has 0 amide bonds. The minimum atomic E-state index is 0.727. The lowest BCUT2D eigenvalue weighted by Crippen LogP contribution is -2.37.